The molecule has 0 saturated carbocycles. The van der Waals surface area contributed by atoms with Gasteiger partial charge in [-0.25, -0.2) is 4.98 Å². The van der Waals surface area contributed by atoms with Crippen LogP contribution in [0.3, 0.4) is 0 Å². The lowest BCUT2D eigenvalue weighted by Crippen LogP contribution is -2.20. The molecule has 1 aromatic carbocycles. The monoisotopic (exact) mass is 321 g/mol. The fourth-order valence-electron chi connectivity index (χ4n) is 2.37. The van der Waals surface area contributed by atoms with Crippen molar-refractivity contribution in [2.75, 3.05) is 6.54 Å². The van der Waals surface area contributed by atoms with Crippen LogP contribution in [0, 0.1) is 12.8 Å². The minimum Gasteiger partial charge on any atom is -0.330 e. The second-order valence-electron chi connectivity index (χ2n) is 5.16. The predicted molar refractivity (Wildman–Crippen MR) is 82.6 cm³/mol. The maximum Gasteiger partial charge on any atom is 0.0994 e. The Labute approximate surface area is 123 Å². The minimum atomic E-state index is 0.320. The molecule has 2 rings (SSSR count). The van der Waals surface area contributed by atoms with E-state index in [2.05, 4.69) is 58.4 Å². The number of nitrogens with zero attached hydrogens (tertiary/aromatic N) is 2. The molecule has 1 aromatic heterocycles. The first-order valence-electron chi connectivity index (χ1n) is 6.54. The standard InChI is InChI=1S/C15H20BrN3/c1-10(2)12(7-17)15-8-18-9-19(15)14-6-4-5-13(16)11(14)3/h4-6,8-10,12H,7,17H2,1-3H3. The Morgan fingerprint density at radius 3 is 2.74 bits per heavy atom. The second-order valence-corrected chi connectivity index (χ2v) is 6.01. The minimum absolute atomic E-state index is 0.320. The van der Waals surface area contributed by atoms with Gasteiger partial charge in [0.25, 0.3) is 0 Å². The predicted octanol–water partition coefficient (Wildman–Crippen LogP) is 3.64. The van der Waals surface area contributed by atoms with E-state index in [1.807, 2.05) is 18.6 Å². The smallest absolute Gasteiger partial charge is 0.0994 e. The lowest BCUT2D eigenvalue weighted by atomic mass is 9.93. The van der Waals surface area contributed by atoms with Crippen LogP contribution in [-0.2, 0) is 0 Å². The van der Waals surface area contributed by atoms with Crippen LogP contribution in [0.5, 0.6) is 0 Å². The van der Waals surface area contributed by atoms with Gasteiger partial charge in [-0.15, -0.1) is 0 Å². The van der Waals surface area contributed by atoms with Crippen molar-refractivity contribution in [2.24, 2.45) is 11.7 Å². The summed E-state index contributed by atoms with van der Waals surface area (Å²) in [6, 6.07) is 6.21. The highest BCUT2D eigenvalue weighted by molar-refractivity contribution is 9.10. The van der Waals surface area contributed by atoms with E-state index in [1.54, 1.807) is 0 Å². The number of halogens is 1. The van der Waals surface area contributed by atoms with E-state index in [1.165, 1.54) is 11.3 Å². The Kier molecular flexibility index (Phi) is 4.42. The summed E-state index contributed by atoms with van der Waals surface area (Å²) in [7, 11) is 0. The van der Waals surface area contributed by atoms with E-state index in [0.29, 0.717) is 18.4 Å². The number of aromatic nitrogens is 2. The molecule has 0 aliphatic rings. The van der Waals surface area contributed by atoms with Crippen molar-refractivity contribution in [1.29, 1.82) is 0 Å². The summed E-state index contributed by atoms with van der Waals surface area (Å²) < 4.78 is 3.26. The number of nitrogens with two attached hydrogens (primary N) is 1. The third kappa shape index (κ3) is 2.74. The van der Waals surface area contributed by atoms with E-state index < -0.39 is 0 Å². The molecule has 1 atom stereocenters. The fraction of sp³-hybridized carbons (Fsp3) is 0.400. The van der Waals surface area contributed by atoms with E-state index in [9.17, 15) is 0 Å². The Bertz CT molecular complexity index is 560. The fourth-order valence-corrected chi connectivity index (χ4v) is 2.73. The van der Waals surface area contributed by atoms with Crippen molar-refractivity contribution < 1.29 is 0 Å². The quantitative estimate of drug-likeness (QED) is 0.934. The molecule has 0 aliphatic heterocycles. The Morgan fingerprint density at radius 2 is 2.11 bits per heavy atom. The zero-order chi connectivity index (χ0) is 14.0. The molecule has 0 bridgehead atoms. The highest BCUT2D eigenvalue weighted by Gasteiger charge is 2.19. The maximum atomic E-state index is 5.93. The van der Waals surface area contributed by atoms with Crippen molar-refractivity contribution >= 4 is 15.9 Å². The number of imidazole rings is 1. The van der Waals surface area contributed by atoms with Crippen molar-refractivity contribution in [2.45, 2.75) is 26.7 Å². The van der Waals surface area contributed by atoms with Gasteiger partial charge in [0.1, 0.15) is 0 Å². The SMILES string of the molecule is Cc1c(Br)cccc1-n1cncc1C(CN)C(C)C. The van der Waals surface area contributed by atoms with E-state index in [-0.39, 0.29) is 0 Å². The van der Waals surface area contributed by atoms with E-state index in [4.69, 9.17) is 5.73 Å². The van der Waals surface area contributed by atoms with Crippen molar-refractivity contribution in [3.05, 3.63) is 46.5 Å². The van der Waals surface area contributed by atoms with Crippen LogP contribution in [0.1, 0.15) is 31.0 Å². The van der Waals surface area contributed by atoms with Crippen LogP contribution in [0.15, 0.2) is 35.2 Å². The third-order valence-electron chi connectivity index (χ3n) is 3.60. The number of hydrogen-bond acceptors (Lipinski definition) is 2. The second kappa shape index (κ2) is 5.88. The van der Waals surface area contributed by atoms with Crippen LogP contribution in [0.2, 0.25) is 0 Å². The summed E-state index contributed by atoms with van der Waals surface area (Å²) in [5, 5.41) is 0. The number of benzene rings is 1. The largest absolute Gasteiger partial charge is 0.330 e. The molecule has 102 valence electrons. The molecule has 3 nitrogen and oxygen atoms in total. The zero-order valence-corrected chi connectivity index (χ0v) is 13.2. The molecule has 1 unspecified atom stereocenters. The highest BCUT2D eigenvalue weighted by Crippen LogP contribution is 2.28. The molecule has 0 saturated heterocycles. The molecule has 0 fully saturated rings. The van der Waals surface area contributed by atoms with Crippen molar-refractivity contribution in [1.82, 2.24) is 9.55 Å². The Balaban J connectivity index is 2.53. The summed E-state index contributed by atoms with van der Waals surface area (Å²) in [5.41, 5.74) is 9.47. The number of hydrogen-bond donors (Lipinski definition) is 1. The van der Waals surface area contributed by atoms with E-state index in [0.717, 1.165) is 10.2 Å². The van der Waals surface area contributed by atoms with Gasteiger partial charge in [-0.2, -0.15) is 0 Å². The van der Waals surface area contributed by atoms with Crippen molar-refractivity contribution in [3.8, 4) is 5.69 Å². The van der Waals surface area contributed by atoms with Gasteiger partial charge >= 0.3 is 0 Å². The average Bonchev–Trinajstić information content (AvgIpc) is 2.82. The topological polar surface area (TPSA) is 43.8 Å². The van der Waals surface area contributed by atoms with Gasteiger partial charge in [0.05, 0.1) is 12.0 Å². The molecule has 4 heteroatoms. The summed E-state index contributed by atoms with van der Waals surface area (Å²) >= 11 is 3.58. The van der Waals surface area contributed by atoms with Crippen LogP contribution in [0.4, 0.5) is 0 Å². The van der Waals surface area contributed by atoms with Crippen molar-refractivity contribution in [3.63, 3.8) is 0 Å². The summed E-state index contributed by atoms with van der Waals surface area (Å²) in [4.78, 5) is 4.31. The first kappa shape index (κ1) is 14.3. The third-order valence-corrected chi connectivity index (χ3v) is 4.46. The molecule has 0 aliphatic carbocycles. The highest BCUT2D eigenvalue weighted by atomic mass is 79.9. The normalized spacial score (nSPS) is 12.9. The molecule has 0 spiro atoms. The first-order chi connectivity index (χ1) is 9.06. The Morgan fingerprint density at radius 1 is 1.37 bits per heavy atom. The van der Waals surface area contributed by atoms with Crippen LogP contribution >= 0.6 is 15.9 Å². The van der Waals surface area contributed by atoms with Crippen LogP contribution < -0.4 is 5.73 Å². The van der Waals surface area contributed by atoms with Crippen LogP contribution in [-0.4, -0.2) is 16.1 Å². The van der Waals surface area contributed by atoms with Gasteiger partial charge in [0, 0.05) is 28.8 Å². The zero-order valence-electron chi connectivity index (χ0n) is 11.6. The molecule has 0 amide bonds. The average molecular weight is 322 g/mol. The van der Waals surface area contributed by atoms with Gasteiger partial charge < -0.3 is 10.3 Å². The van der Waals surface area contributed by atoms with Gasteiger partial charge in [-0.3, -0.25) is 0 Å². The lowest BCUT2D eigenvalue weighted by Gasteiger charge is -2.21. The molecular formula is C15H20BrN3. The summed E-state index contributed by atoms with van der Waals surface area (Å²) in [6.45, 7) is 7.14. The number of rotatable bonds is 4. The molecular weight excluding hydrogens is 302 g/mol. The summed E-state index contributed by atoms with van der Waals surface area (Å²) in [5.74, 6) is 0.814. The van der Waals surface area contributed by atoms with E-state index >= 15 is 0 Å². The molecule has 2 aromatic rings. The Hall–Kier alpha value is -1.13. The first-order valence-corrected chi connectivity index (χ1v) is 7.33. The van der Waals surface area contributed by atoms with Gasteiger partial charge in [0.15, 0.2) is 0 Å². The van der Waals surface area contributed by atoms with Gasteiger partial charge in [-0.1, -0.05) is 35.8 Å². The lowest BCUT2D eigenvalue weighted by molar-refractivity contribution is 0.489. The maximum absolute atomic E-state index is 5.93. The molecule has 19 heavy (non-hydrogen) atoms. The van der Waals surface area contributed by atoms with Gasteiger partial charge in [-0.05, 0) is 30.5 Å². The van der Waals surface area contributed by atoms with Gasteiger partial charge in [0.2, 0.25) is 0 Å². The van der Waals surface area contributed by atoms with Crippen LogP contribution in [0.25, 0.3) is 5.69 Å². The summed E-state index contributed by atoms with van der Waals surface area (Å²) in [6.07, 6.45) is 3.80. The molecule has 1 heterocycles. The molecule has 0 radical (unpaired) electrons. The molecule has 2 N–H and O–H groups in total.